The topological polar surface area (TPSA) is 87.5 Å². The predicted molar refractivity (Wildman–Crippen MR) is 67.5 cm³/mol. The van der Waals surface area contributed by atoms with Gasteiger partial charge in [-0.15, -0.1) is 0 Å². The van der Waals surface area contributed by atoms with Crippen LogP contribution >= 0.6 is 0 Å². The molecule has 104 valence electrons. The van der Waals surface area contributed by atoms with Crippen LogP contribution in [0.15, 0.2) is 12.4 Å². The lowest BCUT2D eigenvalue weighted by atomic mass is 10.1. The molecule has 1 aliphatic rings. The van der Waals surface area contributed by atoms with Gasteiger partial charge in [-0.2, -0.15) is 5.10 Å². The predicted octanol–water partition coefficient (Wildman–Crippen LogP) is 0.597. The van der Waals surface area contributed by atoms with Gasteiger partial charge in [0.1, 0.15) is 0 Å². The Hall–Kier alpha value is -2.05. The number of aliphatic carboxylic acids is 1. The van der Waals surface area contributed by atoms with Crippen LogP contribution in [0.25, 0.3) is 0 Å². The quantitative estimate of drug-likeness (QED) is 0.816. The molecular formula is C12H18N4O3. The molecule has 0 saturated heterocycles. The Bertz CT molecular complexity index is 481. The molecule has 1 aromatic heterocycles. The molecule has 7 nitrogen and oxygen atoms in total. The van der Waals surface area contributed by atoms with E-state index in [-0.39, 0.29) is 6.03 Å². The Morgan fingerprint density at radius 2 is 2.32 bits per heavy atom. The molecule has 7 heteroatoms. The highest BCUT2D eigenvalue weighted by Crippen LogP contribution is 2.29. The summed E-state index contributed by atoms with van der Waals surface area (Å²) >= 11 is 0. The maximum atomic E-state index is 11.9. The molecule has 0 bridgehead atoms. The lowest BCUT2D eigenvalue weighted by molar-refractivity contribution is -0.139. The fraction of sp³-hybridized carbons (Fsp3) is 0.583. The third-order valence-corrected chi connectivity index (χ3v) is 3.15. The number of hydrogen-bond acceptors (Lipinski definition) is 3. The molecule has 1 heterocycles. The molecule has 1 aliphatic carbocycles. The number of carboxylic acid groups (broad SMARTS) is 1. The highest BCUT2D eigenvalue weighted by atomic mass is 16.4. The normalized spacial score (nSPS) is 15.9. The van der Waals surface area contributed by atoms with Crippen LogP contribution in [0.2, 0.25) is 0 Å². The van der Waals surface area contributed by atoms with Crippen LogP contribution in [0.3, 0.4) is 0 Å². The van der Waals surface area contributed by atoms with Gasteiger partial charge in [0.25, 0.3) is 0 Å². The van der Waals surface area contributed by atoms with E-state index in [0.29, 0.717) is 18.0 Å². The summed E-state index contributed by atoms with van der Waals surface area (Å²) in [6.45, 7) is 0.672. The molecule has 0 radical (unpaired) electrons. The zero-order valence-electron chi connectivity index (χ0n) is 11.0. The van der Waals surface area contributed by atoms with Crippen molar-refractivity contribution >= 4 is 12.0 Å². The number of aromatic nitrogens is 2. The van der Waals surface area contributed by atoms with E-state index in [1.165, 1.54) is 15.8 Å². The van der Waals surface area contributed by atoms with Crippen LogP contribution < -0.4 is 5.32 Å². The first kappa shape index (κ1) is 13.4. The van der Waals surface area contributed by atoms with Crippen molar-refractivity contribution in [3.63, 3.8) is 0 Å². The summed E-state index contributed by atoms with van der Waals surface area (Å²) in [6.07, 6.45) is 5.31. The number of aryl methyl sites for hydroxylation is 1. The van der Waals surface area contributed by atoms with Crippen LogP contribution in [0.1, 0.15) is 24.4 Å². The van der Waals surface area contributed by atoms with Crippen molar-refractivity contribution in [2.45, 2.75) is 18.9 Å². The summed E-state index contributed by atoms with van der Waals surface area (Å²) in [7, 11) is 3.37. The summed E-state index contributed by atoms with van der Waals surface area (Å²) < 4.78 is 1.51. The Morgan fingerprint density at radius 1 is 1.63 bits per heavy atom. The van der Waals surface area contributed by atoms with Crippen LogP contribution in [0, 0.1) is 5.92 Å². The van der Waals surface area contributed by atoms with Crippen molar-refractivity contribution in [1.82, 2.24) is 20.0 Å². The molecule has 2 rings (SSSR count). The molecule has 0 aromatic carbocycles. The Balaban J connectivity index is 1.99. The van der Waals surface area contributed by atoms with E-state index < -0.39 is 12.0 Å². The smallest absolute Gasteiger partial charge is 0.331 e. The minimum Gasteiger partial charge on any atom is -0.479 e. The summed E-state index contributed by atoms with van der Waals surface area (Å²) in [5, 5.41) is 15.6. The van der Waals surface area contributed by atoms with Gasteiger partial charge in [-0.25, -0.2) is 9.59 Å². The Labute approximate surface area is 111 Å². The number of amides is 2. The summed E-state index contributed by atoms with van der Waals surface area (Å²) in [4.78, 5) is 24.7. The van der Waals surface area contributed by atoms with Crippen LogP contribution in [-0.2, 0) is 11.8 Å². The van der Waals surface area contributed by atoms with E-state index in [1.54, 1.807) is 20.3 Å². The zero-order valence-corrected chi connectivity index (χ0v) is 11.0. The van der Waals surface area contributed by atoms with Crippen LogP contribution in [0.5, 0.6) is 0 Å². The van der Waals surface area contributed by atoms with Gasteiger partial charge in [-0.3, -0.25) is 4.68 Å². The first-order valence-corrected chi connectivity index (χ1v) is 6.20. The van der Waals surface area contributed by atoms with Crippen molar-refractivity contribution in [2.24, 2.45) is 13.0 Å². The van der Waals surface area contributed by atoms with E-state index in [4.69, 9.17) is 0 Å². The number of nitrogens with zero attached hydrogens (tertiary/aromatic N) is 3. The van der Waals surface area contributed by atoms with Crippen molar-refractivity contribution in [1.29, 1.82) is 0 Å². The third kappa shape index (κ3) is 3.46. The SMILES string of the molecule is CN(CC1CC1)C(=O)NC(C(=O)O)c1cnn(C)c1. The van der Waals surface area contributed by atoms with Crippen molar-refractivity contribution in [3.8, 4) is 0 Å². The van der Waals surface area contributed by atoms with Gasteiger partial charge in [-0.1, -0.05) is 0 Å². The molecule has 1 fully saturated rings. The number of hydrogen-bond donors (Lipinski definition) is 2. The second-order valence-electron chi connectivity index (χ2n) is 4.99. The summed E-state index contributed by atoms with van der Waals surface area (Å²) in [5.41, 5.74) is 0.461. The molecule has 1 unspecified atom stereocenters. The monoisotopic (exact) mass is 266 g/mol. The van der Waals surface area contributed by atoms with Crippen LogP contribution in [0.4, 0.5) is 4.79 Å². The highest BCUT2D eigenvalue weighted by Gasteiger charge is 2.28. The molecular weight excluding hydrogens is 248 g/mol. The van der Waals surface area contributed by atoms with Gasteiger partial charge in [0.15, 0.2) is 6.04 Å². The summed E-state index contributed by atoms with van der Waals surface area (Å²) in [6, 6.07) is -1.44. The standard InChI is InChI=1S/C12H18N4O3/c1-15(6-8-3-4-8)12(19)14-10(11(17)18)9-5-13-16(2)7-9/h5,7-8,10H,3-4,6H2,1-2H3,(H,14,19)(H,17,18). The van der Waals surface area contributed by atoms with Gasteiger partial charge < -0.3 is 15.3 Å². The maximum Gasteiger partial charge on any atom is 0.331 e. The number of rotatable bonds is 5. The Morgan fingerprint density at radius 3 is 2.79 bits per heavy atom. The van der Waals surface area contributed by atoms with E-state index in [2.05, 4.69) is 10.4 Å². The molecule has 1 aromatic rings. The summed E-state index contributed by atoms with van der Waals surface area (Å²) in [5.74, 6) is -0.529. The lowest BCUT2D eigenvalue weighted by Gasteiger charge is -2.20. The third-order valence-electron chi connectivity index (χ3n) is 3.15. The number of carbonyl (C=O) groups is 2. The molecule has 0 spiro atoms. The zero-order chi connectivity index (χ0) is 14.0. The van der Waals surface area contributed by atoms with E-state index in [9.17, 15) is 14.7 Å². The second-order valence-corrected chi connectivity index (χ2v) is 4.99. The fourth-order valence-electron chi connectivity index (χ4n) is 1.88. The van der Waals surface area contributed by atoms with Gasteiger partial charge in [-0.05, 0) is 18.8 Å². The van der Waals surface area contributed by atoms with E-state index in [1.807, 2.05) is 0 Å². The molecule has 1 saturated carbocycles. The second kappa shape index (κ2) is 5.29. The van der Waals surface area contributed by atoms with Gasteiger partial charge in [0, 0.05) is 32.4 Å². The molecule has 2 N–H and O–H groups in total. The van der Waals surface area contributed by atoms with Crippen molar-refractivity contribution < 1.29 is 14.7 Å². The minimum atomic E-state index is -1.10. The van der Waals surface area contributed by atoms with E-state index >= 15 is 0 Å². The van der Waals surface area contributed by atoms with Crippen molar-refractivity contribution in [3.05, 3.63) is 18.0 Å². The molecule has 19 heavy (non-hydrogen) atoms. The number of nitrogens with one attached hydrogen (secondary N) is 1. The molecule has 0 aliphatic heterocycles. The molecule has 1 atom stereocenters. The van der Waals surface area contributed by atoms with Gasteiger partial charge in [0.05, 0.1) is 6.20 Å². The maximum absolute atomic E-state index is 11.9. The average molecular weight is 266 g/mol. The lowest BCUT2D eigenvalue weighted by Crippen LogP contribution is -2.42. The first-order chi connectivity index (χ1) is 8.97. The van der Waals surface area contributed by atoms with Crippen LogP contribution in [-0.4, -0.2) is 45.4 Å². The largest absolute Gasteiger partial charge is 0.479 e. The fourth-order valence-corrected chi connectivity index (χ4v) is 1.88. The van der Waals surface area contributed by atoms with Crippen molar-refractivity contribution in [2.75, 3.05) is 13.6 Å². The molecule has 2 amide bonds. The van der Waals surface area contributed by atoms with Gasteiger partial charge in [0.2, 0.25) is 0 Å². The number of urea groups is 1. The minimum absolute atomic E-state index is 0.372. The highest BCUT2D eigenvalue weighted by molar-refractivity contribution is 5.83. The Kier molecular flexibility index (Phi) is 3.73. The van der Waals surface area contributed by atoms with Gasteiger partial charge >= 0.3 is 12.0 Å². The average Bonchev–Trinajstić information content (AvgIpc) is 3.05. The first-order valence-electron chi connectivity index (χ1n) is 6.20. The van der Waals surface area contributed by atoms with E-state index in [0.717, 1.165) is 12.8 Å². The number of carbonyl (C=O) groups excluding carboxylic acids is 1. The number of carboxylic acids is 1.